The summed E-state index contributed by atoms with van der Waals surface area (Å²) in [6.45, 7) is 2.29. The lowest BCUT2D eigenvalue weighted by Crippen LogP contribution is -2.30. The molecule has 0 aromatic rings. The molecule has 109 heavy (non-hydrogen) atoms. The number of aliphatic hydroxyl groups is 2. The van der Waals surface area contributed by atoms with Crippen LogP contribution >= 0.6 is 15.6 Å². The van der Waals surface area contributed by atoms with E-state index < -0.39 is 91.5 Å². The molecular formula is C91H150O16P2. The second-order valence-corrected chi connectivity index (χ2v) is 30.4. The molecule has 0 saturated heterocycles. The van der Waals surface area contributed by atoms with Crippen molar-refractivity contribution < 1.29 is 75.8 Å². The van der Waals surface area contributed by atoms with Crippen LogP contribution in [0.1, 0.15) is 316 Å². The van der Waals surface area contributed by atoms with Crippen molar-refractivity contribution in [3.05, 3.63) is 182 Å². The van der Waals surface area contributed by atoms with Gasteiger partial charge in [0.1, 0.15) is 25.4 Å². The highest BCUT2D eigenvalue weighted by atomic mass is 31.2. The summed E-state index contributed by atoms with van der Waals surface area (Å²) in [6.07, 6.45) is 107. The van der Waals surface area contributed by atoms with E-state index in [-0.39, 0.29) is 19.3 Å². The van der Waals surface area contributed by atoms with Crippen LogP contribution in [0.15, 0.2) is 182 Å². The van der Waals surface area contributed by atoms with Gasteiger partial charge < -0.3 is 34.2 Å². The predicted octanol–water partition coefficient (Wildman–Crippen LogP) is 25.3. The number of carbonyl (C=O) groups is 3. The SMILES string of the molecule is CC/C=C\C/C=C\C/C=C\C/C=C\C/C=C\C/C=C\CCC(=O)OCC(COP(=O)(O)OCC(O)COP(=O)(O)OCC(O)COC(=O)CCCCCCCCCCCCCCCCCCCCC/C=C\C/C=C\C/C=C\C/C=C\CCCCC)OC(=O)CCCCC/C=C\C/C=C\C/C=C\C/C=C\C/C=C\CC. The van der Waals surface area contributed by atoms with Crippen LogP contribution in [-0.4, -0.2) is 95.9 Å². The van der Waals surface area contributed by atoms with Crippen molar-refractivity contribution in [1.29, 1.82) is 0 Å². The molecule has 5 unspecified atom stereocenters. The van der Waals surface area contributed by atoms with Crippen molar-refractivity contribution in [3.8, 4) is 0 Å². The second kappa shape index (κ2) is 82.1. The zero-order valence-corrected chi connectivity index (χ0v) is 69.7. The first kappa shape index (κ1) is 104. The summed E-state index contributed by atoms with van der Waals surface area (Å²) < 4.78 is 61.1. The highest BCUT2D eigenvalue weighted by Gasteiger charge is 2.29. The van der Waals surface area contributed by atoms with Crippen molar-refractivity contribution in [3.63, 3.8) is 0 Å². The third kappa shape index (κ3) is 83.4. The first-order valence-electron chi connectivity index (χ1n) is 42.1. The minimum Gasteiger partial charge on any atom is -0.463 e. The fourth-order valence-electron chi connectivity index (χ4n) is 10.8. The standard InChI is InChI=1S/C91H150O16P2/c1-4-7-10-13-16-19-22-25-28-31-34-35-36-37-38-39-40-41-42-43-44-45-46-47-48-49-52-54-56-59-62-65-68-71-74-77-89(94)101-80-86(92)81-103-108(97,98)104-82-87(93)83-105-109(99,100)106-85-88(107-91(96)79-76-73-70-67-64-61-58-55-51-33-30-27-24-21-18-15-12-9-6-3)84-102-90(95)78-75-72-69-66-63-60-57-53-50-32-29-26-23-20-17-14-11-8-5-2/h8-9,11-12,16-21,25-30,34-35,37-38,50-51,53,55,60-61,63-64,69,72,86-88,92-93H,4-7,10,13-15,22-24,31-33,36,39-49,52,54,56-59,62,65-68,70-71,73-85H2,1-3H3,(H,97,98)(H,99,100)/b11-8-,12-9-,19-16-,20-17-,21-18-,28-25-,29-26-,30-27-,35-34-,38-37-,53-50-,55-51-,63-60-,64-61-,72-69-. The Balaban J connectivity index is 4.53. The molecule has 0 aliphatic heterocycles. The Morgan fingerprint density at radius 3 is 0.835 bits per heavy atom. The van der Waals surface area contributed by atoms with Crippen LogP contribution in [-0.2, 0) is 55.8 Å². The van der Waals surface area contributed by atoms with Gasteiger partial charge in [-0.2, -0.15) is 0 Å². The van der Waals surface area contributed by atoms with Crippen molar-refractivity contribution in [2.45, 2.75) is 334 Å². The summed E-state index contributed by atoms with van der Waals surface area (Å²) >= 11 is 0. The first-order chi connectivity index (χ1) is 53.2. The molecule has 4 N–H and O–H groups in total. The fourth-order valence-corrected chi connectivity index (χ4v) is 12.4. The topological polar surface area (TPSA) is 231 Å². The number of rotatable bonds is 78. The van der Waals surface area contributed by atoms with Gasteiger partial charge in [0.2, 0.25) is 0 Å². The number of esters is 3. The average Bonchev–Trinajstić information content (AvgIpc) is 0.903. The van der Waals surface area contributed by atoms with Crippen LogP contribution in [0.3, 0.4) is 0 Å². The average molecular weight is 1560 g/mol. The largest absolute Gasteiger partial charge is 0.472 e. The van der Waals surface area contributed by atoms with Gasteiger partial charge in [-0.3, -0.25) is 32.5 Å². The molecule has 0 rings (SSSR count). The Morgan fingerprint density at radius 2 is 0.505 bits per heavy atom. The summed E-state index contributed by atoms with van der Waals surface area (Å²) in [5.41, 5.74) is 0. The van der Waals surface area contributed by atoms with Gasteiger partial charge in [-0.15, -0.1) is 0 Å². The fraction of sp³-hybridized carbons (Fsp3) is 0.637. The molecule has 16 nitrogen and oxygen atoms in total. The summed E-state index contributed by atoms with van der Waals surface area (Å²) in [5, 5.41) is 20.7. The van der Waals surface area contributed by atoms with Crippen LogP contribution < -0.4 is 0 Å². The Kier molecular flexibility index (Phi) is 78.1. The van der Waals surface area contributed by atoms with Gasteiger partial charge in [-0.1, -0.05) is 331 Å². The molecule has 0 aromatic carbocycles. The molecule has 620 valence electrons. The van der Waals surface area contributed by atoms with E-state index >= 15 is 0 Å². The summed E-state index contributed by atoms with van der Waals surface area (Å²) in [5.74, 6) is -1.72. The Bertz CT molecular complexity index is 2710. The summed E-state index contributed by atoms with van der Waals surface area (Å²) in [6, 6.07) is 0. The second-order valence-electron chi connectivity index (χ2n) is 27.5. The minimum atomic E-state index is -4.97. The normalized spacial score (nSPS) is 14.8. The number of ether oxygens (including phenoxy) is 3. The number of hydrogen-bond acceptors (Lipinski definition) is 14. The van der Waals surface area contributed by atoms with E-state index in [1.165, 1.54) is 128 Å². The van der Waals surface area contributed by atoms with Crippen LogP contribution in [0, 0.1) is 0 Å². The lowest BCUT2D eigenvalue weighted by atomic mass is 10.0. The van der Waals surface area contributed by atoms with E-state index in [0.717, 1.165) is 122 Å². The molecule has 0 radical (unpaired) electrons. The smallest absolute Gasteiger partial charge is 0.463 e. The highest BCUT2D eigenvalue weighted by Crippen LogP contribution is 2.45. The van der Waals surface area contributed by atoms with Crippen LogP contribution in [0.25, 0.3) is 0 Å². The zero-order chi connectivity index (χ0) is 79.4. The van der Waals surface area contributed by atoms with Gasteiger partial charge in [0.15, 0.2) is 6.10 Å². The molecule has 0 aromatic heterocycles. The number of phosphoric acid groups is 2. The van der Waals surface area contributed by atoms with Crippen LogP contribution in [0.2, 0.25) is 0 Å². The van der Waals surface area contributed by atoms with Gasteiger partial charge in [0.25, 0.3) is 0 Å². The van der Waals surface area contributed by atoms with Gasteiger partial charge >= 0.3 is 33.6 Å². The van der Waals surface area contributed by atoms with Crippen LogP contribution in [0.4, 0.5) is 0 Å². The number of aliphatic hydroxyl groups excluding tert-OH is 2. The van der Waals surface area contributed by atoms with E-state index in [4.69, 9.17) is 32.3 Å². The molecule has 0 saturated carbocycles. The Labute approximate surface area is 662 Å². The number of phosphoric ester groups is 2. The number of hydrogen-bond donors (Lipinski definition) is 4. The van der Waals surface area contributed by atoms with E-state index in [0.29, 0.717) is 25.7 Å². The highest BCUT2D eigenvalue weighted by molar-refractivity contribution is 7.47. The molecule has 0 spiro atoms. The molecule has 0 bridgehead atoms. The molecular weight excluding hydrogens is 1410 g/mol. The molecule has 5 atom stereocenters. The number of carbonyl (C=O) groups excluding carboxylic acids is 3. The molecule has 0 heterocycles. The minimum absolute atomic E-state index is 0.0307. The maximum absolute atomic E-state index is 13.0. The lowest BCUT2D eigenvalue weighted by Gasteiger charge is -2.21. The molecule has 0 aliphatic rings. The third-order valence-corrected chi connectivity index (χ3v) is 19.0. The van der Waals surface area contributed by atoms with Crippen molar-refractivity contribution in [2.24, 2.45) is 0 Å². The zero-order valence-electron chi connectivity index (χ0n) is 67.9. The van der Waals surface area contributed by atoms with E-state index in [1.807, 2.05) is 18.2 Å². The molecule has 0 aliphatic carbocycles. The van der Waals surface area contributed by atoms with Gasteiger partial charge in [0.05, 0.1) is 26.4 Å². The Hall–Kier alpha value is -5.35. The number of allylic oxidation sites excluding steroid dienone is 30. The molecule has 18 heteroatoms. The monoisotopic (exact) mass is 1560 g/mol. The van der Waals surface area contributed by atoms with Crippen molar-refractivity contribution in [1.82, 2.24) is 0 Å². The summed E-state index contributed by atoms with van der Waals surface area (Å²) in [7, 11) is -9.84. The third-order valence-electron chi connectivity index (χ3n) is 17.1. The van der Waals surface area contributed by atoms with Gasteiger partial charge in [0, 0.05) is 19.3 Å². The van der Waals surface area contributed by atoms with Crippen molar-refractivity contribution in [2.75, 3.05) is 39.6 Å². The van der Waals surface area contributed by atoms with Crippen molar-refractivity contribution >= 4 is 33.6 Å². The number of unbranched alkanes of at least 4 members (excludes halogenated alkanes) is 25. The molecule has 0 fully saturated rings. The quantitative estimate of drug-likeness (QED) is 0.0146. The predicted molar refractivity (Wildman–Crippen MR) is 454 cm³/mol. The van der Waals surface area contributed by atoms with Gasteiger partial charge in [-0.25, -0.2) is 9.13 Å². The summed E-state index contributed by atoms with van der Waals surface area (Å²) in [4.78, 5) is 58.7. The van der Waals surface area contributed by atoms with Gasteiger partial charge in [-0.05, 0) is 148 Å². The Morgan fingerprint density at radius 1 is 0.266 bits per heavy atom. The van der Waals surface area contributed by atoms with E-state index in [1.54, 1.807) is 0 Å². The van der Waals surface area contributed by atoms with E-state index in [2.05, 4.69) is 185 Å². The lowest BCUT2D eigenvalue weighted by molar-refractivity contribution is -0.161. The maximum atomic E-state index is 13.0. The van der Waals surface area contributed by atoms with E-state index in [9.17, 15) is 43.5 Å². The van der Waals surface area contributed by atoms with Crippen LogP contribution in [0.5, 0.6) is 0 Å². The maximum Gasteiger partial charge on any atom is 0.472 e. The first-order valence-corrected chi connectivity index (χ1v) is 45.1. The molecule has 0 amide bonds.